The van der Waals surface area contributed by atoms with Crippen molar-refractivity contribution in [2.75, 3.05) is 22.5 Å². The van der Waals surface area contributed by atoms with Crippen molar-refractivity contribution in [3.63, 3.8) is 0 Å². The molecule has 0 bridgehead atoms. The normalized spacial score (nSPS) is 10.3. The van der Waals surface area contributed by atoms with Crippen LogP contribution in [-0.2, 0) is 16.2 Å². The molecule has 0 spiro atoms. The Hall–Kier alpha value is -3.80. The van der Waals surface area contributed by atoms with Gasteiger partial charge in [0.25, 0.3) is 0 Å². The summed E-state index contributed by atoms with van der Waals surface area (Å²) in [7, 11) is 0. The summed E-state index contributed by atoms with van der Waals surface area (Å²) in [5.41, 5.74) is 3.19. The van der Waals surface area contributed by atoms with Gasteiger partial charge in [-0.15, -0.1) is 0 Å². The number of hydrogen-bond donors (Lipinski definition) is 3. The van der Waals surface area contributed by atoms with Crippen molar-refractivity contribution in [1.82, 2.24) is 0 Å². The molecule has 2 amide bonds. The van der Waals surface area contributed by atoms with Gasteiger partial charge in [0.05, 0.1) is 6.54 Å². The van der Waals surface area contributed by atoms with Crippen LogP contribution in [0, 0.1) is 0 Å². The van der Waals surface area contributed by atoms with E-state index in [2.05, 4.69) is 22.9 Å². The lowest BCUT2D eigenvalue weighted by molar-refractivity contribution is -0.116. The summed E-state index contributed by atoms with van der Waals surface area (Å²) in [5, 5.41) is 8.85. The molecule has 3 aromatic carbocycles. The van der Waals surface area contributed by atoms with E-state index < -0.39 is 0 Å². The first kappa shape index (κ1) is 23.9. The van der Waals surface area contributed by atoms with Crippen LogP contribution in [0.25, 0.3) is 0 Å². The van der Waals surface area contributed by atoms with Crippen LogP contribution in [-0.4, -0.2) is 18.4 Å². The Labute approximate surface area is 195 Å². The Morgan fingerprint density at radius 1 is 0.758 bits per heavy atom. The van der Waals surface area contributed by atoms with Crippen molar-refractivity contribution in [2.24, 2.45) is 0 Å². The van der Waals surface area contributed by atoms with Crippen LogP contribution in [0.5, 0.6) is 5.75 Å². The van der Waals surface area contributed by atoms with Crippen molar-refractivity contribution in [3.05, 3.63) is 84.4 Å². The van der Waals surface area contributed by atoms with Gasteiger partial charge in [0.15, 0.2) is 0 Å². The van der Waals surface area contributed by atoms with Crippen molar-refractivity contribution in [1.29, 1.82) is 0 Å². The van der Waals surface area contributed by atoms with Gasteiger partial charge in [-0.3, -0.25) is 9.59 Å². The monoisotopic (exact) mass is 445 g/mol. The van der Waals surface area contributed by atoms with Gasteiger partial charge in [-0.1, -0.05) is 62.2 Å². The Morgan fingerprint density at radius 2 is 1.45 bits per heavy atom. The molecule has 0 saturated carbocycles. The molecule has 0 aliphatic carbocycles. The number of hydrogen-bond acceptors (Lipinski definition) is 4. The van der Waals surface area contributed by atoms with Gasteiger partial charge < -0.3 is 20.7 Å². The number of anilines is 3. The lowest BCUT2D eigenvalue weighted by Crippen LogP contribution is -2.21. The van der Waals surface area contributed by atoms with Gasteiger partial charge in [0, 0.05) is 29.5 Å². The first-order chi connectivity index (χ1) is 16.1. The fourth-order valence-electron chi connectivity index (χ4n) is 3.26. The number of rotatable bonds is 12. The molecule has 0 unspecified atom stereocenters. The highest BCUT2D eigenvalue weighted by Gasteiger charge is 2.06. The predicted molar refractivity (Wildman–Crippen MR) is 134 cm³/mol. The van der Waals surface area contributed by atoms with E-state index >= 15 is 0 Å². The summed E-state index contributed by atoms with van der Waals surface area (Å²) in [4.78, 5) is 24.4. The number of carbonyl (C=O) groups excluding carboxylic acids is 2. The molecular weight excluding hydrogens is 414 g/mol. The Kier molecular flexibility index (Phi) is 9.33. The van der Waals surface area contributed by atoms with Gasteiger partial charge in [0.1, 0.15) is 12.4 Å². The van der Waals surface area contributed by atoms with E-state index in [9.17, 15) is 9.59 Å². The molecule has 0 aliphatic heterocycles. The number of carbonyl (C=O) groups is 2. The van der Waals surface area contributed by atoms with Gasteiger partial charge in [-0.05, 0) is 42.3 Å². The molecular formula is C27H31N3O3. The Morgan fingerprint density at radius 3 is 2.21 bits per heavy atom. The number of nitrogens with one attached hydrogen (secondary N) is 3. The van der Waals surface area contributed by atoms with Crippen molar-refractivity contribution >= 4 is 28.9 Å². The fraction of sp³-hybridized carbons (Fsp3) is 0.259. The predicted octanol–water partition coefficient (Wildman–Crippen LogP) is 5.84. The minimum atomic E-state index is -0.183. The van der Waals surface area contributed by atoms with Crippen LogP contribution in [0.2, 0.25) is 0 Å². The zero-order valence-electron chi connectivity index (χ0n) is 19.0. The Balaban J connectivity index is 1.46. The highest BCUT2D eigenvalue weighted by molar-refractivity contribution is 5.95. The quantitative estimate of drug-likeness (QED) is 0.306. The number of ether oxygens (including phenoxy) is 1. The largest absolute Gasteiger partial charge is 0.489 e. The maximum absolute atomic E-state index is 12.4. The molecule has 0 radical (unpaired) electrons. The van der Waals surface area contributed by atoms with Crippen LogP contribution in [0.4, 0.5) is 17.1 Å². The van der Waals surface area contributed by atoms with Crippen molar-refractivity contribution < 1.29 is 14.3 Å². The third kappa shape index (κ3) is 8.69. The smallest absolute Gasteiger partial charge is 0.243 e. The molecule has 33 heavy (non-hydrogen) atoms. The van der Waals surface area contributed by atoms with Crippen LogP contribution >= 0.6 is 0 Å². The van der Waals surface area contributed by atoms with E-state index in [1.54, 1.807) is 18.2 Å². The van der Waals surface area contributed by atoms with Crippen molar-refractivity contribution in [3.8, 4) is 5.75 Å². The first-order valence-corrected chi connectivity index (χ1v) is 11.3. The maximum atomic E-state index is 12.4. The van der Waals surface area contributed by atoms with E-state index in [-0.39, 0.29) is 18.4 Å². The third-order valence-electron chi connectivity index (χ3n) is 4.97. The summed E-state index contributed by atoms with van der Waals surface area (Å²) < 4.78 is 5.84. The summed E-state index contributed by atoms with van der Waals surface area (Å²) in [6, 6.07) is 24.6. The maximum Gasteiger partial charge on any atom is 0.243 e. The fourth-order valence-corrected chi connectivity index (χ4v) is 3.26. The molecule has 3 N–H and O–H groups in total. The number of amides is 2. The number of unbranched alkanes of at least 4 members (excludes halogenated alkanes) is 2. The minimum Gasteiger partial charge on any atom is -0.489 e. The highest BCUT2D eigenvalue weighted by Crippen LogP contribution is 2.19. The lowest BCUT2D eigenvalue weighted by Gasteiger charge is -2.11. The molecule has 3 aromatic rings. The first-order valence-electron chi connectivity index (χ1n) is 11.3. The second-order valence-corrected chi connectivity index (χ2v) is 7.79. The van der Waals surface area contributed by atoms with E-state index in [0.29, 0.717) is 24.4 Å². The highest BCUT2D eigenvalue weighted by atomic mass is 16.5. The summed E-state index contributed by atoms with van der Waals surface area (Å²) >= 11 is 0. The van der Waals surface area contributed by atoms with Crippen LogP contribution < -0.4 is 20.7 Å². The number of benzene rings is 3. The van der Waals surface area contributed by atoms with Crippen LogP contribution in [0.15, 0.2) is 78.9 Å². The molecule has 0 fully saturated rings. The molecule has 0 saturated heterocycles. The minimum absolute atomic E-state index is 0.0111. The van der Waals surface area contributed by atoms with E-state index in [1.165, 1.54) is 0 Å². The second kappa shape index (κ2) is 12.9. The molecule has 6 heteroatoms. The zero-order valence-corrected chi connectivity index (χ0v) is 19.0. The average molecular weight is 446 g/mol. The summed E-state index contributed by atoms with van der Waals surface area (Å²) in [5.74, 6) is 0.534. The van der Waals surface area contributed by atoms with E-state index in [1.807, 2.05) is 60.7 Å². The SMILES string of the molecule is CCCCCC(=O)Nc1cccc(NC(=O)CNc2cccc(OCc3ccccc3)c2)c1. The zero-order chi connectivity index (χ0) is 23.3. The molecule has 172 valence electrons. The van der Waals surface area contributed by atoms with E-state index in [4.69, 9.17) is 4.74 Å². The summed E-state index contributed by atoms with van der Waals surface area (Å²) in [6.45, 7) is 2.70. The van der Waals surface area contributed by atoms with Gasteiger partial charge in [-0.2, -0.15) is 0 Å². The van der Waals surface area contributed by atoms with Crippen molar-refractivity contribution in [2.45, 2.75) is 39.2 Å². The summed E-state index contributed by atoms with van der Waals surface area (Å²) in [6.07, 6.45) is 3.50. The molecule has 6 nitrogen and oxygen atoms in total. The molecule has 3 rings (SSSR count). The molecule has 0 aliphatic rings. The topological polar surface area (TPSA) is 79.5 Å². The van der Waals surface area contributed by atoms with Gasteiger partial charge >= 0.3 is 0 Å². The van der Waals surface area contributed by atoms with Crippen LogP contribution in [0.1, 0.15) is 38.2 Å². The second-order valence-electron chi connectivity index (χ2n) is 7.79. The molecule has 0 aromatic heterocycles. The van der Waals surface area contributed by atoms with Gasteiger partial charge in [-0.25, -0.2) is 0 Å². The van der Waals surface area contributed by atoms with E-state index in [0.717, 1.165) is 36.3 Å². The molecule has 0 atom stereocenters. The Bertz CT molecular complexity index is 1040. The third-order valence-corrected chi connectivity index (χ3v) is 4.97. The lowest BCUT2D eigenvalue weighted by atomic mass is 10.2. The van der Waals surface area contributed by atoms with Crippen LogP contribution in [0.3, 0.4) is 0 Å². The molecule has 0 heterocycles. The standard InChI is InChI=1S/C27H31N3O3/c1-2-3-5-16-26(31)29-23-13-8-14-24(17-23)30-27(32)19-28-22-12-9-15-25(18-22)33-20-21-10-6-4-7-11-21/h4,6-15,17-18,28H,2-3,5,16,19-20H2,1H3,(H,29,31)(H,30,32). The van der Waals surface area contributed by atoms with Gasteiger partial charge in [0.2, 0.25) is 11.8 Å². The average Bonchev–Trinajstić information content (AvgIpc) is 2.83.